The molecule has 5 aromatic rings. The molecule has 8 heteroatoms. The second kappa shape index (κ2) is 9.80. The molecule has 0 aliphatic rings. The Kier molecular flexibility index (Phi) is 6.27. The van der Waals surface area contributed by atoms with E-state index in [-0.39, 0.29) is 0 Å². The third-order valence-electron chi connectivity index (χ3n) is 5.31. The van der Waals surface area contributed by atoms with Crippen LogP contribution in [0.15, 0.2) is 84.9 Å². The van der Waals surface area contributed by atoms with E-state index in [0.717, 1.165) is 16.9 Å². The summed E-state index contributed by atoms with van der Waals surface area (Å²) in [6.45, 7) is 1.52. The Morgan fingerprint density at radius 3 is 2.44 bits per heavy atom. The summed E-state index contributed by atoms with van der Waals surface area (Å²) in [4.78, 5) is 9.40. The lowest BCUT2D eigenvalue weighted by molar-refractivity contribution is 0.332. The van der Waals surface area contributed by atoms with Crippen LogP contribution in [0.5, 0.6) is 5.75 Å². The van der Waals surface area contributed by atoms with Gasteiger partial charge in [0.15, 0.2) is 5.65 Å². The fourth-order valence-corrected chi connectivity index (χ4v) is 3.89. The SMILES string of the molecule is Nc1c2c(-c3cccc(Cl)c3)nc(NCCOc3ccccc3)nc2nn1Cc1ccccc1. The number of nitrogens with one attached hydrogen (secondary N) is 1. The number of hydrogen-bond acceptors (Lipinski definition) is 6. The molecule has 0 aliphatic carbocycles. The Labute approximate surface area is 202 Å². The van der Waals surface area contributed by atoms with Crippen LogP contribution in [0.25, 0.3) is 22.3 Å². The van der Waals surface area contributed by atoms with Gasteiger partial charge in [-0.15, -0.1) is 5.10 Å². The first-order chi connectivity index (χ1) is 16.7. The molecule has 0 atom stereocenters. The number of aromatic nitrogens is 4. The number of fused-ring (bicyclic) bond motifs is 1. The van der Waals surface area contributed by atoms with E-state index in [1.54, 1.807) is 4.68 Å². The highest BCUT2D eigenvalue weighted by molar-refractivity contribution is 6.30. The van der Waals surface area contributed by atoms with E-state index in [9.17, 15) is 0 Å². The van der Waals surface area contributed by atoms with Crippen LogP contribution in [0.3, 0.4) is 0 Å². The third-order valence-corrected chi connectivity index (χ3v) is 5.54. The summed E-state index contributed by atoms with van der Waals surface area (Å²) in [5.74, 6) is 1.77. The average Bonchev–Trinajstić information content (AvgIpc) is 3.17. The van der Waals surface area contributed by atoms with Crippen molar-refractivity contribution < 1.29 is 4.74 Å². The summed E-state index contributed by atoms with van der Waals surface area (Å²) >= 11 is 6.27. The Balaban J connectivity index is 1.47. The van der Waals surface area contributed by atoms with Gasteiger partial charge in [-0.1, -0.05) is 72.3 Å². The number of benzene rings is 3. The van der Waals surface area contributed by atoms with Crippen LogP contribution in [0.4, 0.5) is 11.8 Å². The quantitative estimate of drug-likeness (QED) is 0.300. The fraction of sp³-hybridized carbons (Fsp3) is 0.115. The van der Waals surface area contributed by atoms with Crippen LogP contribution in [0.1, 0.15) is 5.56 Å². The number of para-hydroxylation sites is 1. The predicted molar refractivity (Wildman–Crippen MR) is 136 cm³/mol. The van der Waals surface area contributed by atoms with Crippen molar-refractivity contribution in [3.8, 4) is 17.0 Å². The second-order valence-electron chi connectivity index (χ2n) is 7.72. The molecule has 5 rings (SSSR count). The first-order valence-electron chi connectivity index (χ1n) is 10.9. The van der Waals surface area contributed by atoms with Gasteiger partial charge in [0.1, 0.15) is 18.2 Å². The summed E-state index contributed by atoms with van der Waals surface area (Å²) < 4.78 is 7.52. The van der Waals surface area contributed by atoms with Crippen molar-refractivity contribution in [1.29, 1.82) is 0 Å². The molecule has 0 saturated heterocycles. The van der Waals surface area contributed by atoms with Crippen molar-refractivity contribution in [2.24, 2.45) is 0 Å². The number of hydrogen-bond donors (Lipinski definition) is 2. The van der Waals surface area contributed by atoms with Crippen molar-refractivity contribution >= 4 is 34.4 Å². The molecule has 2 heterocycles. The molecule has 7 nitrogen and oxygen atoms in total. The van der Waals surface area contributed by atoms with Crippen LogP contribution >= 0.6 is 11.6 Å². The minimum atomic E-state index is 0.448. The molecule has 170 valence electrons. The number of nitrogen functional groups attached to an aromatic ring is 1. The number of ether oxygens (including phenoxy) is 1. The molecule has 0 bridgehead atoms. The molecular weight excluding hydrogens is 448 g/mol. The second-order valence-corrected chi connectivity index (χ2v) is 8.16. The molecule has 3 aromatic carbocycles. The molecule has 0 aliphatic heterocycles. The highest BCUT2D eigenvalue weighted by Gasteiger charge is 2.18. The zero-order valence-corrected chi connectivity index (χ0v) is 19.1. The minimum Gasteiger partial charge on any atom is -0.492 e. The van der Waals surface area contributed by atoms with Gasteiger partial charge < -0.3 is 15.8 Å². The van der Waals surface area contributed by atoms with E-state index < -0.39 is 0 Å². The smallest absolute Gasteiger partial charge is 0.225 e. The minimum absolute atomic E-state index is 0.448. The van der Waals surface area contributed by atoms with Crippen molar-refractivity contribution in [3.63, 3.8) is 0 Å². The molecule has 2 aromatic heterocycles. The Morgan fingerprint density at radius 1 is 0.912 bits per heavy atom. The molecule has 0 amide bonds. The van der Waals surface area contributed by atoms with Gasteiger partial charge in [-0.2, -0.15) is 4.98 Å². The van der Waals surface area contributed by atoms with Crippen LogP contribution in [0.2, 0.25) is 5.02 Å². The van der Waals surface area contributed by atoms with Crippen molar-refractivity contribution in [2.75, 3.05) is 24.2 Å². The Morgan fingerprint density at radius 2 is 1.68 bits per heavy atom. The highest BCUT2D eigenvalue weighted by Crippen LogP contribution is 2.32. The molecule has 34 heavy (non-hydrogen) atoms. The van der Waals surface area contributed by atoms with E-state index in [0.29, 0.717) is 53.2 Å². The van der Waals surface area contributed by atoms with Gasteiger partial charge in [0.2, 0.25) is 5.95 Å². The fourth-order valence-electron chi connectivity index (χ4n) is 3.70. The molecule has 3 N–H and O–H groups in total. The molecule has 0 spiro atoms. The lowest BCUT2D eigenvalue weighted by Gasteiger charge is -2.10. The van der Waals surface area contributed by atoms with Gasteiger partial charge in [0, 0.05) is 10.6 Å². The number of nitrogens with zero attached hydrogens (tertiary/aromatic N) is 4. The van der Waals surface area contributed by atoms with E-state index in [4.69, 9.17) is 27.1 Å². The van der Waals surface area contributed by atoms with Crippen LogP contribution < -0.4 is 15.8 Å². The van der Waals surface area contributed by atoms with E-state index in [1.807, 2.05) is 84.9 Å². The monoisotopic (exact) mass is 470 g/mol. The van der Waals surface area contributed by atoms with Gasteiger partial charge in [-0.3, -0.25) is 0 Å². The third kappa shape index (κ3) is 4.79. The standard InChI is InChI=1S/C26H23ClN6O/c27-20-11-7-10-19(16-20)23-22-24(28)33(17-18-8-3-1-4-9-18)32-25(22)31-26(30-23)29-14-15-34-21-12-5-2-6-13-21/h1-13,16H,14-15,17,28H2,(H,29,31,32). The molecule has 0 unspecified atom stereocenters. The van der Waals surface area contributed by atoms with Crippen molar-refractivity contribution in [3.05, 3.63) is 95.5 Å². The summed E-state index contributed by atoms with van der Waals surface area (Å²) in [5, 5.41) is 9.24. The summed E-state index contributed by atoms with van der Waals surface area (Å²) in [7, 11) is 0. The van der Waals surface area contributed by atoms with Crippen molar-refractivity contribution in [1.82, 2.24) is 19.7 Å². The van der Waals surface area contributed by atoms with E-state index in [1.165, 1.54) is 0 Å². The maximum atomic E-state index is 6.55. The lowest BCUT2D eigenvalue weighted by atomic mass is 10.1. The summed E-state index contributed by atoms with van der Waals surface area (Å²) in [6, 6.07) is 27.2. The zero-order valence-electron chi connectivity index (χ0n) is 18.4. The van der Waals surface area contributed by atoms with Gasteiger partial charge in [-0.25, -0.2) is 9.67 Å². The summed E-state index contributed by atoms with van der Waals surface area (Å²) in [5.41, 5.74) is 9.68. The Bertz CT molecular complexity index is 1410. The van der Waals surface area contributed by atoms with Crippen LogP contribution in [-0.2, 0) is 6.54 Å². The number of nitrogens with two attached hydrogens (primary N) is 1. The molecule has 0 radical (unpaired) electrons. The van der Waals surface area contributed by atoms with E-state index >= 15 is 0 Å². The average molecular weight is 471 g/mol. The van der Waals surface area contributed by atoms with Gasteiger partial charge in [0.25, 0.3) is 0 Å². The van der Waals surface area contributed by atoms with Gasteiger partial charge >= 0.3 is 0 Å². The van der Waals surface area contributed by atoms with Gasteiger partial charge in [-0.05, 0) is 29.8 Å². The summed E-state index contributed by atoms with van der Waals surface area (Å²) in [6.07, 6.45) is 0. The first kappa shape index (κ1) is 21.7. The number of rotatable bonds is 8. The highest BCUT2D eigenvalue weighted by atomic mass is 35.5. The first-order valence-corrected chi connectivity index (χ1v) is 11.3. The lowest BCUT2D eigenvalue weighted by Crippen LogP contribution is -2.13. The topological polar surface area (TPSA) is 90.9 Å². The molecular formula is C26H23ClN6O. The predicted octanol–water partition coefficient (Wildman–Crippen LogP) is 5.27. The molecule has 0 saturated carbocycles. The normalized spacial score (nSPS) is 11.0. The van der Waals surface area contributed by atoms with Gasteiger partial charge in [0.05, 0.1) is 24.2 Å². The van der Waals surface area contributed by atoms with Crippen molar-refractivity contribution in [2.45, 2.75) is 6.54 Å². The zero-order chi connectivity index (χ0) is 23.3. The Hall–Kier alpha value is -4.10. The largest absolute Gasteiger partial charge is 0.492 e. The maximum absolute atomic E-state index is 6.55. The van der Waals surface area contributed by atoms with E-state index in [2.05, 4.69) is 15.4 Å². The number of anilines is 2. The van der Waals surface area contributed by atoms with Crippen LogP contribution in [-0.4, -0.2) is 32.9 Å². The maximum Gasteiger partial charge on any atom is 0.225 e. The number of halogens is 1. The molecule has 0 fully saturated rings. The van der Waals surface area contributed by atoms with Crippen LogP contribution in [0, 0.1) is 0 Å².